The molecule has 0 rings (SSSR count). The molecule has 1 N–H and O–H groups in total. The third-order valence-electron chi connectivity index (χ3n) is 1.01. The van der Waals surface area contributed by atoms with Gasteiger partial charge < -0.3 is 12.0 Å². The van der Waals surface area contributed by atoms with Crippen LogP contribution < -0.4 is 0 Å². The first kappa shape index (κ1) is 18.9. The Kier molecular flexibility index (Phi) is 46.5. The van der Waals surface area contributed by atoms with Crippen molar-refractivity contribution in [2.75, 3.05) is 6.61 Å². The third kappa shape index (κ3) is 42.9. The summed E-state index contributed by atoms with van der Waals surface area (Å²) in [5.74, 6) is 0. The molecular formula is C8H19Cl2OTi-. The molecule has 0 heterocycles. The summed E-state index contributed by atoms with van der Waals surface area (Å²) in [6, 6.07) is 0. The van der Waals surface area contributed by atoms with Crippen LogP contribution in [0.25, 0.3) is 0 Å². The second-order valence-electron chi connectivity index (χ2n) is 1.86. The molecule has 0 aliphatic carbocycles. The fourth-order valence-corrected chi connectivity index (χ4v) is 0.539. The molecular weight excluding hydrogens is 231 g/mol. The van der Waals surface area contributed by atoms with Crippen LogP contribution in [-0.4, -0.2) is 11.7 Å². The van der Waals surface area contributed by atoms with Crippen molar-refractivity contribution in [2.24, 2.45) is 0 Å². The Balaban J connectivity index is -0.000000137. The van der Waals surface area contributed by atoms with E-state index in [2.05, 4.69) is 13.8 Å². The van der Waals surface area contributed by atoms with Gasteiger partial charge in [0.25, 0.3) is 0 Å². The van der Waals surface area contributed by atoms with Gasteiger partial charge in [0.05, 0.1) is 0 Å². The zero-order valence-corrected chi connectivity index (χ0v) is 11.0. The Labute approximate surface area is 93.5 Å². The average molecular weight is 250 g/mol. The van der Waals surface area contributed by atoms with E-state index in [1.165, 1.54) is 19.3 Å². The van der Waals surface area contributed by atoms with Crippen LogP contribution >= 0.6 is 18.6 Å². The van der Waals surface area contributed by atoms with Crippen LogP contribution in [0.5, 0.6) is 0 Å². The van der Waals surface area contributed by atoms with Crippen molar-refractivity contribution < 1.29 is 22.1 Å². The van der Waals surface area contributed by atoms with Gasteiger partial charge in [-0.3, -0.25) is 0 Å². The van der Waals surface area contributed by atoms with E-state index in [9.17, 15) is 0 Å². The molecule has 0 saturated heterocycles. The maximum atomic E-state index is 8.29. The van der Waals surface area contributed by atoms with E-state index in [0.29, 0.717) is 6.61 Å². The molecule has 0 amide bonds. The molecule has 0 saturated carbocycles. The van der Waals surface area contributed by atoms with Crippen molar-refractivity contribution in [1.82, 2.24) is 0 Å². The van der Waals surface area contributed by atoms with Crippen molar-refractivity contribution >= 4 is 18.6 Å². The summed E-state index contributed by atoms with van der Waals surface area (Å²) in [4.78, 5) is 0. The first-order chi connectivity index (χ1) is 5.83. The van der Waals surface area contributed by atoms with E-state index in [4.69, 9.17) is 23.7 Å². The Bertz CT molecular complexity index is 44.0. The Hall–Kier alpha value is 1.25. The van der Waals surface area contributed by atoms with Gasteiger partial charge in [0.1, 0.15) is 0 Å². The minimum absolute atomic E-state index is 0.361. The van der Waals surface area contributed by atoms with Crippen LogP contribution in [0.3, 0.4) is 0 Å². The summed E-state index contributed by atoms with van der Waals surface area (Å²) in [5.41, 5.74) is 0. The molecule has 0 aromatic rings. The van der Waals surface area contributed by atoms with Crippen LogP contribution in [0.1, 0.15) is 39.5 Å². The molecule has 0 atom stereocenters. The van der Waals surface area contributed by atoms with Gasteiger partial charge in [-0.1, -0.05) is 26.2 Å². The van der Waals surface area contributed by atoms with Crippen molar-refractivity contribution in [2.45, 2.75) is 39.5 Å². The van der Waals surface area contributed by atoms with Gasteiger partial charge in [0, 0.05) is 6.61 Å². The number of unbranched alkanes of at least 4 members (excludes halogenated alkanes) is 3. The SMILES string of the molecule is CCCCCCO.[CH2-]C.[Cl][Ti][Cl]. The van der Waals surface area contributed by atoms with Gasteiger partial charge in [0.2, 0.25) is 0 Å². The van der Waals surface area contributed by atoms with Crippen molar-refractivity contribution in [1.29, 1.82) is 0 Å². The third-order valence-corrected chi connectivity index (χ3v) is 1.01. The molecule has 4 heteroatoms. The molecule has 0 aliphatic rings. The van der Waals surface area contributed by atoms with Crippen LogP contribution in [0.4, 0.5) is 0 Å². The molecule has 1 nitrogen and oxygen atoms in total. The quantitative estimate of drug-likeness (QED) is 0.457. The summed E-state index contributed by atoms with van der Waals surface area (Å²) in [6.45, 7) is 7.53. The maximum absolute atomic E-state index is 8.29. The summed E-state index contributed by atoms with van der Waals surface area (Å²) >= 11 is -0.556. The van der Waals surface area contributed by atoms with Crippen molar-refractivity contribution in [3.63, 3.8) is 0 Å². The van der Waals surface area contributed by atoms with Gasteiger partial charge in [-0.2, -0.15) is 6.92 Å². The van der Waals surface area contributed by atoms with E-state index in [0.717, 1.165) is 6.42 Å². The molecule has 12 heavy (non-hydrogen) atoms. The van der Waals surface area contributed by atoms with Crippen LogP contribution in [0, 0.1) is 6.92 Å². The Morgan fingerprint density at radius 1 is 1.17 bits per heavy atom. The number of hydrogen-bond acceptors (Lipinski definition) is 1. The number of aliphatic hydroxyl groups excluding tert-OH is 1. The average Bonchev–Trinajstić information content (AvgIpc) is 2.11. The molecule has 0 aromatic heterocycles. The molecule has 0 bridgehead atoms. The van der Waals surface area contributed by atoms with Crippen LogP contribution in [0.2, 0.25) is 0 Å². The van der Waals surface area contributed by atoms with E-state index in [1.54, 1.807) is 6.92 Å². The Morgan fingerprint density at radius 3 is 1.83 bits per heavy atom. The minimum atomic E-state index is -0.556. The zero-order chi connectivity index (χ0) is 10.2. The topological polar surface area (TPSA) is 20.2 Å². The fraction of sp³-hybridized carbons (Fsp3) is 0.875. The van der Waals surface area contributed by atoms with Gasteiger partial charge >= 0.3 is 35.6 Å². The molecule has 0 aliphatic heterocycles. The first-order valence-electron chi connectivity index (χ1n) is 4.11. The second-order valence-corrected chi connectivity index (χ2v) is 4.43. The summed E-state index contributed by atoms with van der Waals surface area (Å²) < 4.78 is 0. The predicted octanol–water partition coefficient (Wildman–Crippen LogP) is 3.78. The van der Waals surface area contributed by atoms with Crippen molar-refractivity contribution in [3.8, 4) is 0 Å². The predicted molar refractivity (Wildman–Crippen MR) is 54.0 cm³/mol. The molecule has 0 aromatic carbocycles. The second kappa shape index (κ2) is 29.5. The molecule has 76 valence electrons. The monoisotopic (exact) mass is 249 g/mol. The van der Waals surface area contributed by atoms with E-state index in [1.807, 2.05) is 0 Å². The van der Waals surface area contributed by atoms with Gasteiger partial charge in [0.15, 0.2) is 0 Å². The van der Waals surface area contributed by atoms with Crippen LogP contribution in [-0.2, 0) is 17.0 Å². The number of aliphatic hydroxyl groups is 1. The van der Waals surface area contributed by atoms with Gasteiger partial charge in [-0.25, -0.2) is 0 Å². The van der Waals surface area contributed by atoms with E-state index >= 15 is 0 Å². The van der Waals surface area contributed by atoms with E-state index in [-0.39, 0.29) is 0 Å². The van der Waals surface area contributed by atoms with Crippen LogP contribution in [0.15, 0.2) is 0 Å². The normalized spacial score (nSPS) is 7.17. The Morgan fingerprint density at radius 2 is 1.58 bits per heavy atom. The standard InChI is InChI=1S/C6H14O.C2H5.2ClH.Ti/c1-2-3-4-5-6-7;1-2;;;/h7H,2-6H2,1H3;1H2,2H3;2*1H;/q;-1;;;+2/p-2. The summed E-state index contributed by atoms with van der Waals surface area (Å²) in [6.07, 6.45) is 4.68. The molecule has 0 unspecified atom stereocenters. The molecule has 0 radical (unpaired) electrons. The first-order valence-corrected chi connectivity index (χ1v) is 8.41. The summed E-state index contributed by atoms with van der Waals surface area (Å²) in [7, 11) is 9.78. The van der Waals surface area contributed by atoms with Crippen molar-refractivity contribution in [3.05, 3.63) is 6.92 Å². The fourth-order valence-electron chi connectivity index (χ4n) is 0.539. The molecule has 0 spiro atoms. The van der Waals surface area contributed by atoms with Gasteiger partial charge in [-0.05, 0) is 6.42 Å². The summed E-state index contributed by atoms with van der Waals surface area (Å²) in [5, 5.41) is 8.29. The number of halogens is 2. The number of rotatable bonds is 4. The van der Waals surface area contributed by atoms with E-state index < -0.39 is 17.0 Å². The molecule has 0 fully saturated rings. The zero-order valence-electron chi connectivity index (χ0n) is 7.95. The van der Waals surface area contributed by atoms with Gasteiger partial charge in [-0.15, -0.1) is 0 Å². The number of hydrogen-bond donors (Lipinski definition) is 1.